The van der Waals surface area contributed by atoms with Crippen LogP contribution in [0.3, 0.4) is 0 Å². The SMILES string of the molecule is [SiH2]O[SiH2]O[SiH2]O[SiH2]O[SiH2]. The van der Waals surface area contributed by atoms with Crippen LogP contribution >= 0.6 is 0 Å². The summed E-state index contributed by atoms with van der Waals surface area (Å²) in [7, 11) is 0.850. The molecule has 0 rings (SSSR count). The van der Waals surface area contributed by atoms with E-state index in [1.54, 1.807) is 0 Å². The lowest BCUT2D eigenvalue weighted by atomic mass is 15.7. The van der Waals surface area contributed by atoms with E-state index in [0.29, 0.717) is 0 Å². The Bertz CT molecular complexity index is 42.2. The molecule has 4 nitrogen and oxygen atoms in total. The Morgan fingerprint density at radius 2 is 1.22 bits per heavy atom. The molecule has 0 atom stereocenters. The highest BCUT2D eigenvalue weighted by Gasteiger charge is 1.86. The van der Waals surface area contributed by atoms with Crippen LogP contribution in [0.15, 0.2) is 0 Å². The average Bonchev–Trinajstić information content (AvgIpc) is 1.89. The predicted octanol–water partition coefficient (Wildman–Crippen LogP) is -4.85. The van der Waals surface area contributed by atoms with E-state index in [-0.39, 0.29) is 0 Å². The minimum absolute atomic E-state index is 0.688. The van der Waals surface area contributed by atoms with Crippen molar-refractivity contribution in [3.05, 3.63) is 0 Å². The van der Waals surface area contributed by atoms with Gasteiger partial charge in [0.15, 0.2) is 21.0 Å². The highest BCUT2D eigenvalue weighted by molar-refractivity contribution is 6.44. The van der Waals surface area contributed by atoms with Gasteiger partial charge in [0.05, 0.1) is 0 Å². The summed E-state index contributed by atoms with van der Waals surface area (Å²) in [4.78, 5) is 0. The quantitative estimate of drug-likeness (QED) is 0.328. The second-order valence-electron chi connectivity index (χ2n) is 1.17. The summed E-state index contributed by atoms with van der Waals surface area (Å²) in [5, 5.41) is 0. The van der Waals surface area contributed by atoms with Crippen molar-refractivity contribution in [2.75, 3.05) is 0 Å². The summed E-state index contributed by atoms with van der Waals surface area (Å²) in [6.45, 7) is 0. The monoisotopic (exact) mass is 214 g/mol. The zero-order valence-corrected chi connectivity index (χ0v) is 12.2. The van der Waals surface area contributed by atoms with Crippen molar-refractivity contribution in [3.8, 4) is 0 Å². The normalized spacial score (nSPS) is 14.0. The first-order valence-electron chi connectivity index (χ1n) is 2.31. The molecule has 0 N–H and O–H groups in total. The summed E-state index contributed by atoms with van der Waals surface area (Å²) in [5.74, 6) is 0. The lowest BCUT2D eigenvalue weighted by Gasteiger charge is -2.01. The molecule has 0 fully saturated rings. The Morgan fingerprint density at radius 3 is 1.56 bits per heavy atom. The molecular weight excluding hydrogens is 204 g/mol. The molecule has 0 heterocycles. The zero-order chi connectivity index (χ0) is 6.95. The summed E-state index contributed by atoms with van der Waals surface area (Å²) >= 11 is 0. The molecule has 0 aromatic carbocycles. The lowest BCUT2D eigenvalue weighted by Crippen LogP contribution is -2.13. The molecule has 54 valence electrons. The highest BCUT2D eigenvalue weighted by atomic mass is 28.4. The average molecular weight is 215 g/mol. The maximum Gasteiger partial charge on any atom is 0.286 e. The van der Waals surface area contributed by atoms with Crippen molar-refractivity contribution in [3.63, 3.8) is 0 Å². The zero-order valence-electron chi connectivity index (χ0n) is 5.17. The summed E-state index contributed by atoms with van der Waals surface area (Å²) < 4.78 is 19.8. The molecule has 0 aromatic rings. The molecule has 0 spiro atoms. The van der Waals surface area contributed by atoms with Crippen LogP contribution in [0, 0.1) is 0 Å². The van der Waals surface area contributed by atoms with E-state index < -0.39 is 30.0 Å². The van der Waals surface area contributed by atoms with Gasteiger partial charge >= 0.3 is 0 Å². The van der Waals surface area contributed by atoms with E-state index >= 15 is 0 Å². The fraction of sp³-hybridized carbons (Fsp3) is 0. The Balaban J connectivity index is 2.60. The fourth-order valence-electron chi connectivity index (χ4n) is 0.245. The van der Waals surface area contributed by atoms with Crippen LogP contribution in [-0.2, 0) is 16.5 Å². The molecule has 0 unspecified atom stereocenters. The summed E-state index contributed by atoms with van der Waals surface area (Å²) in [6.07, 6.45) is 0. The first kappa shape index (κ1) is 9.92. The maximum atomic E-state index is 5.08. The topological polar surface area (TPSA) is 36.9 Å². The van der Waals surface area contributed by atoms with Crippen molar-refractivity contribution in [1.82, 2.24) is 0 Å². The molecule has 0 amide bonds. The van der Waals surface area contributed by atoms with Crippen LogP contribution in [-0.4, -0.2) is 51.0 Å². The number of hydrogen-bond acceptors (Lipinski definition) is 4. The molecule has 0 saturated heterocycles. The highest BCUT2D eigenvalue weighted by Crippen LogP contribution is 1.69. The van der Waals surface area contributed by atoms with Gasteiger partial charge in [-0.1, -0.05) is 0 Å². The fourth-order valence-corrected chi connectivity index (χ4v) is 5.39. The largest absolute Gasteiger partial charge is 0.447 e. The Hall–Kier alpha value is 0.924. The van der Waals surface area contributed by atoms with Gasteiger partial charge in [-0.2, -0.15) is 0 Å². The molecule has 0 aromatic heterocycles. The van der Waals surface area contributed by atoms with Gasteiger partial charge in [0, 0.05) is 0 Å². The van der Waals surface area contributed by atoms with Gasteiger partial charge in [-0.3, -0.25) is 0 Å². The van der Waals surface area contributed by atoms with Gasteiger partial charge in [-0.05, 0) is 0 Å². The third-order valence-corrected chi connectivity index (χ3v) is 4.50. The molecule has 9 heteroatoms. The van der Waals surface area contributed by atoms with Crippen LogP contribution in [0.1, 0.15) is 0 Å². The maximum absolute atomic E-state index is 5.08. The van der Waals surface area contributed by atoms with Crippen LogP contribution in [0.2, 0.25) is 0 Å². The Labute approximate surface area is 67.9 Å². The molecule has 0 aliphatic carbocycles. The van der Waals surface area contributed by atoms with Gasteiger partial charge in [0.25, 0.3) is 30.0 Å². The van der Waals surface area contributed by atoms with E-state index in [4.69, 9.17) is 16.5 Å². The molecule has 0 aliphatic heterocycles. The number of hydrogen-bond donors (Lipinski definition) is 0. The van der Waals surface area contributed by atoms with E-state index in [1.807, 2.05) is 0 Å². The van der Waals surface area contributed by atoms with Gasteiger partial charge in [0.1, 0.15) is 0 Å². The minimum Gasteiger partial charge on any atom is -0.447 e. The van der Waals surface area contributed by atoms with E-state index in [0.717, 1.165) is 0 Å². The van der Waals surface area contributed by atoms with Gasteiger partial charge in [-0.25, -0.2) is 0 Å². The van der Waals surface area contributed by atoms with Gasteiger partial charge in [0.2, 0.25) is 0 Å². The van der Waals surface area contributed by atoms with Crippen molar-refractivity contribution in [1.29, 1.82) is 0 Å². The first-order chi connectivity index (χ1) is 4.41. The van der Waals surface area contributed by atoms with Crippen molar-refractivity contribution in [2.45, 2.75) is 0 Å². The van der Waals surface area contributed by atoms with Crippen molar-refractivity contribution in [2.24, 2.45) is 0 Å². The predicted molar refractivity (Wildman–Crippen MR) is 47.1 cm³/mol. The minimum atomic E-state index is -0.728. The van der Waals surface area contributed by atoms with Gasteiger partial charge in [-0.15, -0.1) is 0 Å². The lowest BCUT2D eigenvalue weighted by molar-refractivity contribution is 0.410. The standard InChI is InChI=1S/H10O4Si5/c5-1-7-3-9-4-8-2-6/h5-9H2. The second kappa shape index (κ2) is 8.92. The van der Waals surface area contributed by atoms with Crippen LogP contribution in [0.25, 0.3) is 0 Å². The van der Waals surface area contributed by atoms with E-state index in [1.165, 1.54) is 21.0 Å². The molecule has 0 bridgehead atoms. The van der Waals surface area contributed by atoms with Gasteiger partial charge < -0.3 is 16.5 Å². The van der Waals surface area contributed by atoms with Crippen LogP contribution in [0.5, 0.6) is 0 Å². The Morgan fingerprint density at radius 1 is 0.778 bits per heavy atom. The smallest absolute Gasteiger partial charge is 0.286 e. The van der Waals surface area contributed by atoms with Crippen molar-refractivity contribution >= 4 is 51.0 Å². The molecule has 9 heavy (non-hydrogen) atoms. The van der Waals surface area contributed by atoms with Crippen LogP contribution in [0.4, 0.5) is 0 Å². The third-order valence-electron chi connectivity index (χ3n) is 0.500. The molecule has 0 aliphatic rings. The van der Waals surface area contributed by atoms with E-state index in [2.05, 4.69) is 0 Å². The second-order valence-corrected chi connectivity index (χ2v) is 8.41. The van der Waals surface area contributed by atoms with Crippen LogP contribution < -0.4 is 0 Å². The molecular formula is H10O4Si5. The van der Waals surface area contributed by atoms with Crippen molar-refractivity contribution < 1.29 is 16.5 Å². The molecule has 2 radical (unpaired) electrons. The summed E-state index contributed by atoms with van der Waals surface area (Å²) in [5.41, 5.74) is 0. The summed E-state index contributed by atoms with van der Waals surface area (Å²) in [6, 6.07) is 0. The van der Waals surface area contributed by atoms with E-state index in [9.17, 15) is 0 Å². The molecule has 0 saturated carbocycles. The first-order valence-corrected chi connectivity index (χ1v) is 6.93. The Kier molecular flexibility index (Phi) is 9.84. The number of rotatable bonds is 6. The third kappa shape index (κ3) is 8.92.